The van der Waals surface area contributed by atoms with Gasteiger partial charge in [0.15, 0.2) is 5.82 Å². The molecule has 10 nitrogen and oxygen atoms in total. The highest BCUT2D eigenvalue weighted by molar-refractivity contribution is 7.92. The zero-order valence-corrected chi connectivity index (χ0v) is 27.0. The second kappa shape index (κ2) is 12.6. The van der Waals surface area contributed by atoms with Crippen LogP contribution in [0.2, 0.25) is 0 Å². The number of thiazole rings is 1. The van der Waals surface area contributed by atoms with Gasteiger partial charge in [-0.3, -0.25) is 4.72 Å². The molecule has 240 valence electrons. The Morgan fingerprint density at radius 1 is 1.02 bits per heavy atom. The second-order valence-electron chi connectivity index (χ2n) is 12.1. The number of nitrogens with zero attached hydrogens (tertiary/aromatic N) is 4. The first kappa shape index (κ1) is 33.6. The summed E-state index contributed by atoms with van der Waals surface area (Å²) in [6, 6.07) is 7.54. The average Bonchev–Trinajstić information content (AvgIpc) is 3.39. The lowest BCUT2D eigenvalue weighted by Crippen LogP contribution is -2.53. The molecule has 0 saturated carbocycles. The topological polar surface area (TPSA) is 140 Å². The first-order valence-electron chi connectivity index (χ1n) is 13.7. The van der Waals surface area contributed by atoms with E-state index in [-0.39, 0.29) is 30.3 Å². The molecule has 15 heteroatoms. The summed E-state index contributed by atoms with van der Waals surface area (Å²) in [7, 11) is -4.70. The van der Waals surface area contributed by atoms with Gasteiger partial charge in [0.05, 0.1) is 27.0 Å². The molecule has 0 spiro atoms. The molecular weight excluding hydrogens is 629 g/mol. The molecule has 0 fully saturated rings. The monoisotopic (exact) mass is 661 g/mol. The molecule has 0 saturated heterocycles. The molecular formula is C30H32F3N6O4S2-. The molecule has 1 amide bonds. The van der Waals surface area contributed by atoms with E-state index in [2.05, 4.69) is 15.3 Å². The molecule has 2 N–H and O–H groups in total. The Balaban J connectivity index is 1.71. The van der Waals surface area contributed by atoms with Crippen molar-refractivity contribution in [2.24, 2.45) is 0 Å². The van der Waals surface area contributed by atoms with Crippen LogP contribution in [0.3, 0.4) is 0 Å². The molecule has 0 aliphatic heterocycles. The minimum atomic E-state index is -4.70. The quantitative estimate of drug-likeness (QED) is 0.235. The number of nitrogens with one attached hydrogen (secondary N) is 2. The second-order valence-corrected chi connectivity index (χ2v) is 14.7. The van der Waals surface area contributed by atoms with Crippen LogP contribution in [0.15, 0.2) is 53.6 Å². The number of sulfonamides is 1. The van der Waals surface area contributed by atoms with Crippen LogP contribution >= 0.6 is 11.3 Å². The Morgan fingerprint density at radius 2 is 1.73 bits per heavy atom. The normalized spacial score (nSPS) is 12.2. The van der Waals surface area contributed by atoms with Gasteiger partial charge >= 0.3 is 0 Å². The molecule has 4 aromatic rings. The van der Waals surface area contributed by atoms with E-state index in [0.717, 1.165) is 12.1 Å². The van der Waals surface area contributed by atoms with E-state index in [1.165, 1.54) is 34.6 Å². The molecule has 0 aliphatic carbocycles. The van der Waals surface area contributed by atoms with Gasteiger partial charge in [0.2, 0.25) is 5.95 Å². The minimum Gasteiger partial charge on any atom is -0.530 e. The standard InChI is InChI=1S/C30H33F3N6O4S2/c1-29(2,3)26-37-24(18-8-7-9-20(23(18)33)38-45(42,43)22-16-17(31)10-11-19(22)32)25(44-26)21-12-13-34-27(36-21)35-14-15-39(28(40)41)30(4,5)6/h7-13,16,38H,14-15H2,1-6H3,(H,40,41)(H,34,35,36)/p-1. The number of amides is 1. The first-order chi connectivity index (χ1) is 20.9. The van der Waals surface area contributed by atoms with E-state index in [9.17, 15) is 27.1 Å². The number of benzene rings is 2. The fourth-order valence-electron chi connectivity index (χ4n) is 4.22. The number of aromatic nitrogens is 3. The van der Waals surface area contributed by atoms with Crippen molar-refractivity contribution in [1.29, 1.82) is 0 Å². The molecule has 4 rings (SSSR count). The van der Waals surface area contributed by atoms with Gasteiger partial charge in [-0.2, -0.15) is 0 Å². The van der Waals surface area contributed by atoms with E-state index >= 15 is 4.39 Å². The number of halogens is 3. The third-order valence-electron chi connectivity index (χ3n) is 6.49. The van der Waals surface area contributed by atoms with Gasteiger partial charge in [0.1, 0.15) is 22.6 Å². The van der Waals surface area contributed by atoms with Crippen molar-refractivity contribution in [1.82, 2.24) is 19.9 Å². The van der Waals surface area contributed by atoms with Gasteiger partial charge in [-0.1, -0.05) is 26.8 Å². The van der Waals surface area contributed by atoms with E-state index in [1.54, 1.807) is 26.8 Å². The average molecular weight is 662 g/mol. The lowest BCUT2D eigenvalue weighted by molar-refractivity contribution is -0.270. The van der Waals surface area contributed by atoms with Gasteiger partial charge in [-0.15, -0.1) is 11.3 Å². The molecule has 0 unspecified atom stereocenters. The Kier molecular flexibility index (Phi) is 9.45. The van der Waals surface area contributed by atoms with Gasteiger partial charge in [-0.05, 0) is 57.2 Å². The lowest BCUT2D eigenvalue weighted by atomic mass is 9.98. The van der Waals surface area contributed by atoms with E-state index in [0.29, 0.717) is 27.7 Å². The summed E-state index contributed by atoms with van der Waals surface area (Å²) in [5, 5.41) is 15.2. The number of anilines is 2. The fourth-order valence-corrected chi connectivity index (χ4v) is 6.48. The van der Waals surface area contributed by atoms with E-state index in [1.807, 2.05) is 25.5 Å². The third kappa shape index (κ3) is 7.71. The van der Waals surface area contributed by atoms with Crippen molar-refractivity contribution >= 4 is 39.1 Å². The van der Waals surface area contributed by atoms with Crippen LogP contribution in [-0.2, 0) is 15.4 Å². The molecule has 0 aliphatic rings. The largest absolute Gasteiger partial charge is 0.530 e. The predicted octanol–water partition coefficient (Wildman–Crippen LogP) is 5.64. The summed E-state index contributed by atoms with van der Waals surface area (Å²) >= 11 is 1.27. The molecule has 2 aromatic heterocycles. The Hall–Kier alpha value is -4.24. The maximum Gasteiger partial charge on any atom is 0.265 e. The Labute approximate surface area is 263 Å². The van der Waals surface area contributed by atoms with Gasteiger partial charge < -0.3 is 20.1 Å². The number of carboxylic acid groups (broad SMARTS) is 1. The minimum absolute atomic E-state index is 0.0560. The van der Waals surface area contributed by atoms with Crippen LogP contribution in [0.4, 0.5) is 29.6 Å². The van der Waals surface area contributed by atoms with Crippen molar-refractivity contribution in [3.63, 3.8) is 0 Å². The highest BCUT2D eigenvalue weighted by atomic mass is 32.2. The smallest absolute Gasteiger partial charge is 0.265 e. The molecule has 0 bridgehead atoms. The third-order valence-corrected chi connectivity index (χ3v) is 9.37. The first-order valence-corrected chi connectivity index (χ1v) is 16.0. The number of hydrogen-bond acceptors (Lipinski definition) is 9. The Morgan fingerprint density at radius 3 is 2.38 bits per heavy atom. The van der Waals surface area contributed by atoms with Crippen LogP contribution in [0.1, 0.15) is 46.6 Å². The predicted molar refractivity (Wildman–Crippen MR) is 165 cm³/mol. The SMILES string of the molecule is CC(C)(C)c1nc(-c2cccc(NS(=O)(=O)c3cc(F)ccc3F)c2F)c(-c2ccnc(NCCN(C(=O)[O-])C(C)(C)C)n2)s1. The molecule has 2 heterocycles. The summed E-state index contributed by atoms with van der Waals surface area (Å²) < 4.78 is 71.8. The number of rotatable bonds is 9. The van der Waals surface area contributed by atoms with Gasteiger partial charge in [0, 0.05) is 35.8 Å². The zero-order valence-electron chi connectivity index (χ0n) is 25.4. The Bertz CT molecular complexity index is 1840. The van der Waals surface area contributed by atoms with E-state index < -0.39 is 55.1 Å². The van der Waals surface area contributed by atoms with E-state index in [4.69, 9.17) is 4.98 Å². The van der Waals surface area contributed by atoms with Gasteiger partial charge in [-0.25, -0.2) is 36.5 Å². The molecule has 0 radical (unpaired) electrons. The zero-order chi connectivity index (χ0) is 33.3. The number of carbonyl (C=O) groups excluding carboxylic acids is 1. The van der Waals surface area contributed by atoms with Crippen molar-refractivity contribution < 1.29 is 31.5 Å². The van der Waals surface area contributed by atoms with Crippen LogP contribution in [0.5, 0.6) is 0 Å². The van der Waals surface area contributed by atoms with Crippen LogP contribution in [-0.4, -0.2) is 53.0 Å². The maximum atomic E-state index is 16.0. The van der Waals surface area contributed by atoms with Crippen molar-refractivity contribution in [3.8, 4) is 21.8 Å². The molecule has 45 heavy (non-hydrogen) atoms. The maximum absolute atomic E-state index is 16.0. The van der Waals surface area contributed by atoms with Crippen molar-refractivity contribution in [3.05, 3.63) is 71.1 Å². The number of carbonyl (C=O) groups is 1. The molecule has 0 atom stereocenters. The lowest BCUT2D eigenvalue weighted by Gasteiger charge is -2.37. The highest BCUT2D eigenvalue weighted by Gasteiger charge is 2.28. The highest BCUT2D eigenvalue weighted by Crippen LogP contribution is 2.42. The van der Waals surface area contributed by atoms with Gasteiger partial charge in [0.25, 0.3) is 10.0 Å². The summed E-state index contributed by atoms with van der Waals surface area (Å²) in [5.74, 6) is -2.97. The van der Waals surface area contributed by atoms with Crippen LogP contribution in [0.25, 0.3) is 21.8 Å². The van der Waals surface area contributed by atoms with Crippen LogP contribution < -0.4 is 15.1 Å². The summed E-state index contributed by atoms with van der Waals surface area (Å²) in [6.07, 6.45) is 0.176. The molecule has 2 aromatic carbocycles. The summed E-state index contributed by atoms with van der Waals surface area (Å²) in [5.41, 5.74) is -1.11. The fraction of sp³-hybridized carbons (Fsp3) is 0.333. The van der Waals surface area contributed by atoms with Crippen molar-refractivity contribution in [2.75, 3.05) is 23.1 Å². The number of hydrogen-bond donors (Lipinski definition) is 2. The summed E-state index contributed by atoms with van der Waals surface area (Å²) in [4.78, 5) is 25.7. The van der Waals surface area contributed by atoms with Crippen molar-refractivity contribution in [2.45, 2.75) is 57.4 Å². The summed E-state index contributed by atoms with van der Waals surface area (Å²) in [6.45, 7) is 11.3. The van der Waals surface area contributed by atoms with Crippen LogP contribution in [0, 0.1) is 17.5 Å².